The van der Waals surface area contributed by atoms with Gasteiger partial charge in [0, 0.05) is 32.8 Å². The second kappa shape index (κ2) is 13.6. The minimum absolute atomic E-state index is 0.307. The van der Waals surface area contributed by atoms with Gasteiger partial charge in [-0.1, -0.05) is 19.3 Å². The van der Waals surface area contributed by atoms with E-state index in [2.05, 4.69) is 36.4 Å². The van der Waals surface area contributed by atoms with Crippen molar-refractivity contribution >= 4 is 5.96 Å². The molecule has 5 heteroatoms. The Labute approximate surface area is 142 Å². The predicted molar refractivity (Wildman–Crippen MR) is 97.1 cm³/mol. The average Bonchev–Trinajstić information content (AvgIpc) is 2.54. The van der Waals surface area contributed by atoms with Crippen molar-refractivity contribution in [2.75, 3.05) is 32.8 Å². The smallest absolute Gasteiger partial charge is 0.191 e. The molecule has 1 rings (SSSR count). The zero-order valence-corrected chi connectivity index (χ0v) is 15.4. The number of nitrogens with one attached hydrogen (secondary N) is 2. The summed E-state index contributed by atoms with van der Waals surface area (Å²) < 4.78 is 11.5. The van der Waals surface area contributed by atoms with Crippen molar-refractivity contribution in [1.82, 2.24) is 10.6 Å². The van der Waals surface area contributed by atoms with Gasteiger partial charge in [-0.2, -0.15) is 0 Å². The van der Waals surface area contributed by atoms with E-state index in [9.17, 15) is 0 Å². The minimum atomic E-state index is 0.307. The summed E-state index contributed by atoms with van der Waals surface area (Å²) in [5.41, 5.74) is 0. The summed E-state index contributed by atoms with van der Waals surface area (Å²) in [5, 5.41) is 6.63. The minimum Gasteiger partial charge on any atom is -0.379 e. The first-order chi connectivity index (χ1) is 11.2. The van der Waals surface area contributed by atoms with Crippen LogP contribution in [0.25, 0.3) is 0 Å². The zero-order chi connectivity index (χ0) is 16.8. The largest absolute Gasteiger partial charge is 0.379 e. The normalized spacial score (nSPS) is 16.8. The van der Waals surface area contributed by atoms with E-state index in [1.165, 1.54) is 32.1 Å². The second-order valence-electron chi connectivity index (χ2n) is 6.44. The molecule has 2 N–H and O–H groups in total. The zero-order valence-electron chi connectivity index (χ0n) is 15.4. The van der Waals surface area contributed by atoms with Crippen LogP contribution in [0, 0.1) is 0 Å². The fraction of sp³-hybridized carbons (Fsp3) is 0.944. The van der Waals surface area contributed by atoms with E-state index in [4.69, 9.17) is 9.47 Å². The van der Waals surface area contributed by atoms with Gasteiger partial charge in [0.15, 0.2) is 5.96 Å². The molecule has 0 amide bonds. The van der Waals surface area contributed by atoms with Crippen molar-refractivity contribution < 1.29 is 9.47 Å². The Hall–Kier alpha value is -0.810. The summed E-state index contributed by atoms with van der Waals surface area (Å²) in [5.74, 6) is 0.898. The van der Waals surface area contributed by atoms with E-state index in [1.54, 1.807) is 0 Å². The summed E-state index contributed by atoms with van der Waals surface area (Å²) in [6, 6.07) is 0. The lowest BCUT2D eigenvalue weighted by molar-refractivity contribution is 0.0281. The predicted octanol–water partition coefficient (Wildman–Crippen LogP) is 3.10. The van der Waals surface area contributed by atoms with Crippen molar-refractivity contribution in [2.45, 2.75) is 77.9 Å². The van der Waals surface area contributed by atoms with Crippen molar-refractivity contribution in [3.05, 3.63) is 0 Å². The number of nitrogens with zero attached hydrogens (tertiary/aromatic N) is 1. The summed E-state index contributed by atoms with van der Waals surface area (Å²) >= 11 is 0. The molecule has 23 heavy (non-hydrogen) atoms. The van der Waals surface area contributed by atoms with E-state index in [0.29, 0.717) is 12.2 Å². The van der Waals surface area contributed by atoms with Crippen LogP contribution in [0.2, 0.25) is 0 Å². The van der Waals surface area contributed by atoms with Gasteiger partial charge in [-0.15, -0.1) is 0 Å². The van der Waals surface area contributed by atoms with Crippen molar-refractivity contribution in [3.8, 4) is 0 Å². The molecule has 0 radical (unpaired) electrons. The molecule has 0 heterocycles. The Kier molecular flexibility index (Phi) is 12.0. The third kappa shape index (κ3) is 11.4. The van der Waals surface area contributed by atoms with Gasteiger partial charge >= 0.3 is 0 Å². The third-order valence-electron chi connectivity index (χ3n) is 3.89. The summed E-state index contributed by atoms with van der Waals surface area (Å²) in [6.07, 6.45) is 9.32. The number of aliphatic imine (C=N–C) groups is 1. The van der Waals surface area contributed by atoms with Gasteiger partial charge in [-0.3, -0.25) is 4.99 Å². The highest BCUT2D eigenvalue weighted by Crippen LogP contribution is 2.20. The second-order valence-corrected chi connectivity index (χ2v) is 6.44. The van der Waals surface area contributed by atoms with Gasteiger partial charge in [0.1, 0.15) is 0 Å². The van der Waals surface area contributed by atoms with E-state index in [1.807, 2.05) is 0 Å². The lowest BCUT2D eigenvalue weighted by Gasteiger charge is -2.21. The molecule has 1 saturated carbocycles. The standard InChI is InChI=1S/C18H37N3O2/c1-4-19-18(20-12-8-14-22-16(2)3)21-13-9-15-23-17-10-6-5-7-11-17/h16-17H,4-15H2,1-3H3,(H2,19,20,21). The molecule has 0 atom stereocenters. The van der Waals surface area contributed by atoms with E-state index in [0.717, 1.165) is 51.6 Å². The molecule has 1 fully saturated rings. The molecule has 1 aliphatic carbocycles. The molecule has 0 aromatic rings. The Morgan fingerprint density at radius 1 is 1.09 bits per heavy atom. The van der Waals surface area contributed by atoms with Crippen LogP contribution in [-0.2, 0) is 9.47 Å². The summed E-state index contributed by atoms with van der Waals surface area (Å²) in [6.45, 7) is 10.4. The van der Waals surface area contributed by atoms with E-state index < -0.39 is 0 Å². The van der Waals surface area contributed by atoms with E-state index in [-0.39, 0.29) is 0 Å². The number of guanidine groups is 1. The number of hydrogen-bond donors (Lipinski definition) is 2. The van der Waals surface area contributed by atoms with Gasteiger partial charge in [-0.05, 0) is 46.5 Å². The third-order valence-corrected chi connectivity index (χ3v) is 3.89. The topological polar surface area (TPSA) is 54.9 Å². The van der Waals surface area contributed by atoms with Crippen LogP contribution < -0.4 is 10.6 Å². The highest BCUT2D eigenvalue weighted by Gasteiger charge is 2.12. The molecule has 0 aromatic carbocycles. The SMILES string of the molecule is CCNC(=NCCCOC1CCCCC1)NCCCOC(C)C. The molecule has 0 aliphatic heterocycles. The Balaban J connectivity index is 2.08. The first-order valence-electron chi connectivity index (χ1n) is 9.47. The van der Waals surface area contributed by atoms with Crippen LogP contribution >= 0.6 is 0 Å². The van der Waals surface area contributed by atoms with Gasteiger partial charge in [0.05, 0.1) is 12.2 Å². The lowest BCUT2D eigenvalue weighted by Crippen LogP contribution is -2.38. The van der Waals surface area contributed by atoms with Gasteiger partial charge in [0.25, 0.3) is 0 Å². The van der Waals surface area contributed by atoms with Crippen LogP contribution in [0.15, 0.2) is 4.99 Å². The molecular weight excluding hydrogens is 290 g/mol. The number of rotatable bonds is 11. The van der Waals surface area contributed by atoms with Crippen LogP contribution in [-0.4, -0.2) is 51.0 Å². The van der Waals surface area contributed by atoms with Crippen molar-refractivity contribution in [1.29, 1.82) is 0 Å². The maximum absolute atomic E-state index is 5.93. The maximum Gasteiger partial charge on any atom is 0.191 e. The molecule has 0 saturated heterocycles. The average molecular weight is 328 g/mol. The fourth-order valence-electron chi connectivity index (χ4n) is 2.68. The molecule has 0 spiro atoms. The molecule has 0 unspecified atom stereocenters. The highest BCUT2D eigenvalue weighted by atomic mass is 16.5. The molecular formula is C18H37N3O2. The number of ether oxygens (including phenoxy) is 2. The van der Waals surface area contributed by atoms with Crippen LogP contribution in [0.5, 0.6) is 0 Å². The van der Waals surface area contributed by atoms with Crippen molar-refractivity contribution in [3.63, 3.8) is 0 Å². The molecule has 136 valence electrons. The van der Waals surface area contributed by atoms with Gasteiger partial charge < -0.3 is 20.1 Å². The van der Waals surface area contributed by atoms with Gasteiger partial charge in [-0.25, -0.2) is 0 Å². The molecule has 0 bridgehead atoms. The van der Waals surface area contributed by atoms with Gasteiger partial charge in [0.2, 0.25) is 0 Å². The maximum atomic E-state index is 5.93. The quantitative estimate of drug-likeness (QED) is 0.348. The van der Waals surface area contributed by atoms with Crippen LogP contribution in [0.4, 0.5) is 0 Å². The first-order valence-corrected chi connectivity index (χ1v) is 9.47. The fourth-order valence-corrected chi connectivity index (χ4v) is 2.68. The van der Waals surface area contributed by atoms with Crippen LogP contribution in [0.3, 0.4) is 0 Å². The Morgan fingerprint density at radius 2 is 1.87 bits per heavy atom. The molecule has 1 aliphatic rings. The monoisotopic (exact) mass is 327 g/mol. The molecule has 0 aromatic heterocycles. The first kappa shape index (κ1) is 20.2. The van der Waals surface area contributed by atoms with E-state index >= 15 is 0 Å². The van der Waals surface area contributed by atoms with Crippen LogP contribution in [0.1, 0.15) is 65.7 Å². The molecule has 5 nitrogen and oxygen atoms in total. The summed E-state index contributed by atoms with van der Waals surface area (Å²) in [4.78, 5) is 4.60. The van der Waals surface area contributed by atoms with Crippen molar-refractivity contribution in [2.24, 2.45) is 4.99 Å². The number of hydrogen-bond acceptors (Lipinski definition) is 3. The summed E-state index contributed by atoms with van der Waals surface area (Å²) in [7, 11) is 0. The lowest BCUT2D eigenvalue weighted by atomic mass is 9.98. The Morgan fingerprint density at radius 3 is 2.57 bits per heavy atom. The Bertz CT molecular complexity index is 303. The highest BCUT2D eigenvalue weighted by molar-refractivity contribution is 5.79.